The van der Waals surface area contributed by atoms with E-state index in [9.17, 15) is 22.8 Å². The zero-order valence-corrected chi connectivity index (χ0v) is 16.1. The maximum Gasteiger partial charge on any atom is 0.416 e. The van der Waals surface area contributed by atoms with Crippen LogP contribution in [-0.2, 0) is 12.7 Å². The molecule has 0 saturated carbocycles. The highest BCUT2D eigenvalue weighted by atomic mass is 19.4. The zero-order chi connectivity index (χ0) is 21.5. The first-order valence-electron chi connectivity index (χ1n) is 9.49. The second kappa shape index (κ2) is 7.54. The molecule has 11 heteroatoms. The first-order valence-corrected chi connectivity index (χ1v) is 9.49. The predicted molar refractivity (Wildman–Crippen MR) is 101 cm³/mol. The number of nitrogens with zero attached hydrogens (tertiary/aromatic N) is 5. The lowest BCUT2D eigenvalue weighted by atomic mass is 9.97. The minimum Gasteiger partial charge on any atom is -0.338 e. The Balaban J connectivity index is 1.48. The van der Waals surface area contributed by atoms with E-state index < -0.39 is 11.7 Å². The van der Waals surface area contributed by atoms with Crippen LogP contribution in [0.15, 0.2) is 29.1 Å². The topological polar surface area (TPSA) is 96.8 Å². The van der Waals surface area contributed by atoms with E-state index in [1.165, 1.54) is 12.1 Å². The summed E-state index contributed by atoms with van der Waals surface area (Å²) in [5, 5.41) is 7.92. The van der Waals surface area contributed by atoms with Crippen molar-refractivity contribution in [1.82, 2.24) is 29.9 Å². The summed E-state index contributed by atoms with van der Waals surface area (Å²) in [5.74, 6) is 0.213. The van der Waals surface area contributed by atoms with Crippen LogP contribution in [0.25, 0.3) is 11.2 Å². The molecule has 30 heavy (non-hydrogen) atoms. The molecule has 1 fully saturated rings. The average molecular weight is 420 g/mol. The van der Waals surface area contributed by atoms with Gasteiger partial charge >= 0.3 is 6.18 Å². The molecule has 3 aromatic rings. The molecule has 0 bridgehead atoms. The Kier molecular flexibility index (Phi) is 5.04. The fraction of sp³-hybridized carbons (Fsp3) is 0.421. The zero-order valence-electron chi connectivity index (χ0n) is 16.1. The molecule has 0 unspecified atom stereocenters. The molecule has 3 heterocycles. The van der Waals surface area contributed by atoms with Gasteiger partial charge in [0.25, 0.3) is 11.5 Å². The largest absolute Gasteiger partial charge is 0.416 e. The van der Waals surface area contributed by atoms with Gasteiger partial charge in [-0.2, -0.15) is 13.2 Å². The van der Waals surface area contributed by atoms with Crippen molar-refractivity contribution in [2.45, 2.75) is 32.5 Å². The molecule has 0 spiro atoms. The van der Waals surface area contributed by atoms with Gasteiger partial charge in [0.05, 0.1) is 5.56 Å². The number of H-pyrrole nitrogens is 1. The number of rotatable bonds is 3. The average Bonchev–Trinajstić information content (AvgIpc) is 3.10. The molecule has 1 atom stereocenters. The second-order valence-corrected chi connectivity index (χ2v) is 7.43. The van der Waals surface area contributed by atoms with Gasteiger partial charge in [-0.3, -0.25) is 9.59 Å². The second-order valence-electron chi connectivity index (χ2n) is 7.43. The predicted octanol–water partition coefficient (Wildman–Crippen LogP) is 2.39. The number of carbonyl (C=O) groups is 1. The number of likely N-dealkylation sites (tertiary alicyclic amines) is 1. The lowest BCUT2D eigenvalue weighted by Gasteiger charge is -2.32. The summed E-state index contributed by atoms with van der Waals surface area (Å²) in [5.41, 5.74) is -0.367. The number of alkyl halides is 3. The van der Waals surface area contributed by atoms with E-state index in [1.54, 1.807) is 16.5 Å². The van der Waals surface area contributed by atoms with Crippen LogP contribution in [-0.4, -0.2) is 48.9 Å². The fourth-order valence-corrected chi connectivity index (χ4v) is 3.73. The van der Waals surface area contributed by atoms with Gasteiger partial charge in [0.15, 0.2) is 11.2 Å². The number of piperidine rings is 1. The van der Waals surface area contributed by atoms with Gasteiger partial charge in [0.1, 0.15) is 5.82 Å². The molecule has 0 aliphatic carbocycles. The number of aryl methyl sites for hydroxylation is 1. The molecule has 0 radical (unpaired) electrons. The van der Waals surface area contributed by atoms with E-state index in [0.29, 0.717) is 31.1 Å². The highest BCUT2D eigenvalue weighted by Crippen LogP contribution is 2.29. The number of nitrogens with one attached hydrogen (secondary N) is 1. The van der Waals surface area contributed by atoms with Gasteiger partial charge in [-0.15, -0.1) is 5.10 Å². The Morgan fingerprint density at radius 1 is 1.27 bits per heavy atom. The summed E-state index contributed by atoms with van der Waals surface area (Å²) in [6.45, 7) is 3.07. The Labute approximate surface area is 168 Å². The van der Waals surface area contributed by atoms with E-state index in [-0.39, 0.29) is 28.5 Å². The number of halogens is 3. The summed E-state index contributed by atoms with van der Waals surface area (Å²) in [6.07, 6.45) is -2.83. The van der Waals surface area contributed by atoms with Crippen molar-refractivity contribution in [1.29, 1.82) is 0 Å². The number of hydrogen-bond donors (Lipinski definition) is 1. The number of benzene rings is 1. The fourth-order valence-electron chi connectivity index (χ4n) is 3.73. The van der Waals surface area contributed by atoms with E-state index in [2.05, 4.69) is 20.3 Å². The van der Waals surface area contributed by atoms with Gasteiger partial charge in [-0.25, -0.2) is 9.67 Å². The van der Waals surface area contributed by atoms with Gasteiger partial charge in [0, 0.05) is 25.2 Å². The van der Waals surface area contributed by atoms with Crippen LogP contribution in [0.5, 0.6) is 0 Å². The third-order valence-corrected chi connectivity index (χ3v) is 5.19. The lowest BCUT2D eigenvalue weighted by molar-refractivity contribution is -0.137. The molecule has 2 aromatic heterocycles. The number of amides is 1. The Morgan fingerprint density at radius 2 is 2.00 bits per heavy atom. The normalized spacial score (nSPS) is 17.5. The number of carbonyl (C=O) groups excluding carboxylic acids is 1. The number of fused-ring (bicyclic) bond motifs is 1. The minimum absolute atomic E-state index is 0.0587. The molecular weight excluding hydrogens is 401 g/mol. The highest BCUT2D eigenvalue weighted by molar-refractivity contribution is 5.94. The van der Waals surface area contributed by atoms with Gasteiger partial charge in [0.2, 0.25) is 0 Å². The maximum atomic E-state index is 12.8. The first-order chi connectivity index (χ1) is 14.2. The standard InChI is InChI=1S/C19H19F3N6O2/c1-11-23-16-15(17(29)24-11)25-26-28(16)10-12-3-2-8-27(9-12)18(30)13-4-6-14(7-5-13)19(20,21)22/h4-7,12H,2-3,8-10H2,1H3,(H,23,24,29)/t12-/m1/s1. The maximum absolute atomic E-state index is 12.8. The molecule has 1 saturated heterocycles. The molecule has 1 amide bonds. The first kappa shape index (κ1) is 20.0. The SMILES string of the molecule is Cc1nc2c(nnn2C[C@@H]2CCCN(C(=O)c3ccc(C(F)(F)F)cc3)C2)c(=O)[nH]1. The summed E-state index contributed by atoms with van der Waals surface area (Å²) in [7, 11) is 0. The lowest BCUT2D eigenvalue weighted by Crippen LogP contribution is -2.41. The molecule has 1 aromatic carbocycles. The number of aromatic nitrogens is 5. The van der Waals surface area contributed by atoms with Crippen molar-refractivity contribution in [3.05, 3.63) is 51.6 Å². The molecule has 1 aliphatic heterocycles. The molecule has 8 nitrogen and oxygen atoms in total. The summed E-state index contributed by atoms with van der Waals surface area (Å²) in [6, 6.07) is 4.25. The van der Waals surface area contributed by atoms with Crippen LogP contribution in [0, 0.1) is 12.8 Å². The Hall–Kier alpha value is -3.24. The summed E-state index contributed by atoms with van der Waals surface area (Å²) < 4.78 is 39.8. The van der Waals surface area contributed by atoms with E-state index in [1.807, 2.05) is 0 Å². The van der Waals surface area contributed by atoms with Crippen molar-refractivity contribution in [3.8, 4) is 0 Å². The molecule has 4 rings (SSSR count). The van der Waals surface area contributed by atoms with Crippen molar-refractivity contribution in [3.63, 3.8) is 0 Å². The minimum atomic E-state index is -4.44. The van der Waals surface area contributed by atoms with Gasteiger partial charge < -0.3 is 9.88 Å². The highest BCUT2D eigenvalue weighted by Gasteiger charge is 2.31. The van der Waals surface area contributed by atoms with Crippen LogP contribution in [0.1, 0.15) is 34.6 Å². The Morgan fingerprint density at radius 3 is 2.70 bits per heavy atom. The van der Waals surface area contributed by atoms with E-state index in [4.69, 9.17) is 0 Å². The van der Waals surface area contributed by atoms with Crippen molar-refractivity contribution < 1.29 is 18.0 Å². The van der Waals surface area contributed by atoms with Gasteiger partial charge in [-0.1, -0.05) is 5.21 Å². The van der Waals surface area contributed by atoms with Crippen molar-refractivity contribution >= 4 is 17.1 Å². The third-order valence-electron chi connectivity index (χ3n) is 5.19. The summed E-state index contributed by atoms with van der Waals surface area (Å²) >= 11 is 0. The summed E-state index contributed by atoms with van der Waals surface area (Å²) in [4.78, 5) is 33.2. The van der Waals surface area contributed by atoms with Crippen LogP contribution in [0.3, 0.4) is 0 Å². The van der Waals surface area contributed by atoms with Crippen LogP contribution >= 0.6 is 0 Å². The van der Waals surface area contributed by atoms with Crippen LogP contribution < -0.4 is 5.56 Å². The quantitative estimate of drug-likeness (QED) is 0.702. The molecule has 1 N–H and O–H groups in total. The van der Waals surface area contributed by atoms with E-state index in [0.717, 1.165) is 25.0 Å². The smallest absolute Gasteiger partial charge is 0.338 e. The Bertz CT molecular complexity index is 1140. The number of hydrogen-bond acceptors (Lipinski definition) is 5. The molecule has 1 aliphatic rings. The van der Waals surface area contributed by atoms with E-state index >= 15 is 0 Å². The van der Waals surface area contributed by atoms with Crippen molar-refractivity contribution in [2.24, 2.45) is 5.92 Å². The monoisotopic (exact) mass is 420 g/mol. The van der Waals surface area contributed by atoms with Crippen LogP contribution in [0.2, 0.25) is 0 Å². The van der Waals surface area contributed by atoms with Gasteiger partial charge in [-0.05, 0) is 49.9 Å². The number of aromatic amines is 1. The third kappa shape index (κ3) is 3.91. The van der Waals surface area contributed by atoms with Crippen LogP contribution in [0.4, 0.5) is 13.2 Å². The van der Waals surface area contributed by atoms with Crippen molar-refractivity contribution in [2.75, 3.05) is 13.1 Å². The molecular formula is C19H19F3N6O2. The molecule has 158 valence electrons.